The molecule has 16 heavy (non-hydrogen) atoms. The Morgan fingerprint density at radius 3 is 0.875 bits per heavy atom. The topological polar surface area (TPSA) is 86.5 Å². The number of hydrogen-bond acceptors (Lipinski definition) is 5. The monoisotopic (exact) mass is 240 g/mol. The zero-order valence-corrected chi connectivity index (χ0v) is 9.35. The molecule has 0 radical (unpaired) electrons. The van der Waals surface area contributed by atoms with Gasteiger partial charge < -0.3 is 14.7 Å². The molecule has 0 atom stereocenters. The van der Waals surface area contributed by atoms with Gasteiger partial charge in [-0.3, -0.25) is 9.97 Å². The zero-order valence-electron chi connectivity index (χ0n) is 8.46. The Labute approximate surface area is 95.1 Å². The van der Waals surface area contributed by atoms with Crippen LogP contribution in [0.25, 0.3) is 0 Å². The highest BCUT2D eigenvalue weighted by Crippen LogP contribution is 2.11. The van der Waals surface area contributed by atoms with Crippen molar-refractivity contribution in [1.29, 1.82) is 0 Å². The van der Waals surface area contributed by atoms with Gasteiger partial charge >= 0.3 is 8.60 Å². The quantitative estimate of drug-likeness (QED) is 0.605. The molecule has 0 saturated carbocycles. The van der Waals surface area contributed by atoms with Crippen LogP contribution in [0.1, 0.15) is 0 Å². The van der Waals surface area contributed by atoms with Crippen LogP contribution in [0.2, 0.25) is 0 Å². The highest BCUT2D eigenvalue weighted by atomic mass is 31.2. The predicted octanol–water partition coefficient (Wildman–Crippen LogP) is 1.35. The average molecular weight is 240 g/mol. The second-order valence-electron chi connectivity index (χ2n) is 2.32. The molecule has 3 N–H and O–H groups in total. The highest BCUT2D eigenvalue weighted by molar-refractivity contribution is 7.38. The molecule has 0 aliphatic heterocycles. The van der Waals surface area contributed by atoms with Gasteiger partial charge in [-0.1, -0.05) is 12.1 Å². The van der Waals surface area contributed by atoms with Crippen LogP contribution in [0.3, 0.4) is 0 Å². The third-order valence-corrected chi connectivity index (χ3v) is 1.13. The van der Waals surface area contributed by atoms with Gasteiger partial charge in [0.1, 0.15) is 0 Å². The number of aromatic nitrogens is 2. The lowest BCUT2D eigenvalue weighted by Gasteiger charge is -1.76. The molecule has 0 aliphatic rings. The van der Waals surface area contributed by atoms with E-state index in [1.54, 1.807) is 24.8 Å². The minimum absolute atomic E-state index is 1.75. The summed E-state index contributed by atoms with van der Waals surface area (Å²) >= 11 is 0. The molecule has 0 saturated heterocycles. The standard InChI is InChI=1S/2C5H5N.H3O3P/c2*1-2-4-6-5-3-1;1-4(2)3/h2*1-5H;1-3H. The fourth-order valence-electron chi connectivity index (χ4n) is 0.625. The van der Waals surface area contributed by atoms with Gasteiger partial charge in [-0.05, 0) is 24.3 Å². The second kappa shape index (κ2) is 11.7. The molecule has 5 nitrogen and oxygen atoms in total. The Morgan fingerprint density at radius 1 is 0.562 bits per heavy atom. The predicted molar refractivity (Wildman–Crippen MR) is 62.1 cm³/mol. The van der Waals surface area contributed by atoms with Gasteiger partial charge in [0.05, 0.1) is 0 Å². The molecular formula is C10H13N2O3P. The van der Waals surface area contributed by atoms with Crippen molar-refractivity contribution in [2.45, 2.75) is 0 Å². The summed E-state index contributed by atoms with van der Waals surface area (Å²) in [6.45, 7) is 0. The van der Waals surface area contributed by atoms with Crippen molar-refractivity contribution in [3.63, 3.8) is 0 Å². The van der Waals surface area contributed by atoms with E-state index in [0.29, 0.717) is 0 Å². The van der Waals surface area contributed by atoms with E-state index in [-0.39, 0.29) is 0 Å². The van der Waals surface area contributed by atoms with Gasteiger partial charge in [-0.25, -0.2) is 0 Å². The molecule has 0 unspecified atom stereocenters. The van der Waals surface area contributed by atoms with E-state index in [1.807, 2.05) is 36.4 Å². The van der Waals surface area contributed by atoms with Crippen molar-refractivity contribution in [3.8, 4) is 0 Å². The normalized spacial score (nSPS) is 8.25. The third-order valence-electron chi connectivity index (χ3n) is 1.13. The molecule has 0 spiro atoms. The maximum Gasteiger partial charge on any atom is 0.324 e. The second-order valence-corrected chi connectivity index (χ2v) is 2.85. The van der Waals surface area contributed by atoms with E-state index in [9.17, 15) is 0 Å². The Bertz CT molecular complexity index is 234. The molecular weight excluding hydrogens is 227 g/mol. The highest BCUT2D eigenvalue weighted by Gasteiger charge is 1.76. The Balaban J connectivity index is 0.000000217. The first kappa shape index (κ1) is 14.6. The van der Waals surface area contributed by atoms with Crippen molar-refractivity contribution in [3.05, 3.63) is 61.2 Å². The minimum Gasteiger partial charge on any atom is -0.328 e. The van der Waals surface area contributed by atoms with E-state index >= 15 is 0 Å². The molecule has 0 aromatic carbocycles. The average Bonchev–Trinajstić information content (AvgIpc) is 2.34. The van der Waals surface area contributed by atoms with E-state index in [4.69, 9.17) is 14.7 Å². The molecule has 2 aromatic rings. The number of pyridine rings is 2. The summed E-state index contributed by atoms with van der Waals surface area (Å²) in [5, 5.41) is 0. The Morgan fingerprint density at radius 2 is 0.812 bits per heavy atom. The number of hydrogen-bond donors (Lipinski definition) is 3. The van der Waals surface area contributed by atoms with Crippen molar-refractivity contribution in [2.24, 2.45) is 0 Å². The first-order chi connectivity index (χ1) is 7.73. The molecule has 86 valence electrons. The molecule has 0 aliphatic carbocycles. The minimum atomic E-state index is -2.62. The van der Waals surface area contributed by atoms with Crippen LogP contribution in [0.5, 0.6) is 0 Å². The summed E-state index contributed by atoms with van der Waals surface area (Å²) in [6.07, 6.45) is 7.00. The van der Waals surface area contributed by atoms with Gasteiger partial charge in [0.25, 0.3) is 0 Å². The first-order valence-electron chi connectivity index (χ1n) is 4.30. The van der Waals surface area contributed by atoms with E-state index in [0.717, 1.165) is 0 Å². The number of rotatable bonds is 0. The largest absolute Gasteiger partial charge is 0.328 e. The number of nitrogens with zero attached hydrogens (tertiary/aromatic N) is 2. The fraction of sp³-hybridized carbons (Fsp3) is 0. The summed E-state index contributed by atoms with van der Waals surface area (Å²) in [7, 11) is -2.62. The molecule has 0 fully saturated rings. The maximum absolute atomic E-state index is 7.23. The summed E-state index contributed by atoms with van der Waals surface area (Å²) in [6, 6.07) is 11.4. The van der Waals surface area contributed by atoms with Gasteiger partial charge in [0.15, 0.2) is 0 Å². The van der Waals surface area contributed by atoms with Crippen molar-refractivity contribution in [1.82, 2.24) is 9.97 Å². The summed E-state index contributed by atoms with van der Waals surface area (Å²) in [5.74, 6) is 0. The Kier molecular flexibility index (Phi) is 10.7. The van der Waals surface area contributed by atoms with Crippen molar-refractivity contribution in [2.75, 3.05) is 0 Å². The third kappa shape index (κ3) is 15.1. The lowest BCUT2D eigenvalue weighted by atomic mass is 10.5. The van der Waals surface area contributed by atoms with Crippen molar-refractivity contribution >= 4 is 8.60 Å². The smallest absolute Gasteiger partial charge is 0.324 e. The molecule has 0 amide bonds. The molecule has 2 rings (SSSR count). The van der Waals surface area contributed by atoms with Crippen LogP contribution in [0.15, 0.2) is 61.2 Å². The molecule has 2 aromatic heterocycles. The lowest BCUT2D eigenvalue weighted by molar-refractivity contribution is 0.368. The van der Waals surface area contributed by atoms with Gasteiger partial charge in [-0.2, -0.15) is 0 Å². The van der Waals surface area contributed by atoms with E-state index in [2.05, 4.69) is 9.97 Å². The van der Waals surface area contributed by atoms with Crippen LogP contribution in [-0.4, -0.2) is 24.6 Å². The SMILES string of the molecule is OP(O)O.c1ccncc1.c1ccncc1. The fourth-order valence-corrected chi connectivity index (χ4v) is 0.625. The van der Waals surface area contributed by atoms with E-state index < -0.39 is 8.60 Å². The van der Waals surface area contributed by atoms with Crippen LogP contribution >= 0.6 is 8.60 Å². The maximum atomic E-state index is 7.23. The molecule has 2 heterocycles. The Hall–Kier alpha value is -1.39. The van der Waals surface area contributed by atoms with E-state index in [1.165, 1.54) is 0 Å². The zero-order chi connectivity index (χ0) is 12.1. The summed E-state index contributed by atoms with van der Waals surface area (Å²) in [5.41, 5.74) is 0. The van der Waals surface area contributed by atoms with Crippen LogP contribution < -0.4 is 0 Å². The van der Waals surface area contributed by atoms with Gasteiger partial charge in [0.2, 0.25) is 0 Å². The summed E-state index contributed by atoms with van der Waals surface area (Å²) < 4.78 is 0. The van der Waals surface area contributed by atoms with Crippen LogP contribution in [-0.2, 0) is 0 Å². The van der Waals surface area contributed by atoms with Crippen molar-refractivity contribution < 1.29 is 14.7 Å². The molecule has 6 heteroatoms. The van der Waals surface area contributed by atoms with Crippen LogP contribution in [0.4, 0.5) is 0 Å². The lowest BCUT2D eigenvalue weighted by Crippen LogP contribution is -1.58. The van der Waals surface area contributed by atoms with Gasteiger partial charge in [0, 0.05) is 24.8 Å². The summed E-state index contributed by atoms with van der Waals surface area (Å²) in [4.78, 5) is 29.3. The molecule has 0 bridgehead atoms. The van der Waals surface area contributed by atoms with Crippen LogP contribution in [0, 0.1) is 0 Å². The first-order valence-corrected chi connectivity index (χ1v) is 5.50. The van der Waals surface area contributed by atoms with Gasteiger partial charge in [-0.15, -0.1) is 0 Å².